The second-order valence-corrected chi connectivity index (χ2v) is 9.64. The van der Waals surface area contributed by atoms with E-state index < -0.39 is 22.0 Å². The highest BCUT2D eigenvalue weighted by atomic mass is 35.5. The maximum Gasteiger partial charge on any atom is 0.242 e. The van der Waals surface area contributed by atoms with Gasteiger partial charge in [-0.15, -0.1) is 0 Å². The van der Waals surface area contributed by atoms with Gasteiger partial charge in [-0.05, 0) is 60.9 Å². The van der Waals surface area contributed by atoms with Crippen molar-refractivity contribution in [2.75, 3.05) is 12.4 Å². The maximum absolute atomic E-state index is 13.1. The minimum atomic E-state index is -3.99. The molecule has 0 bridgehead atoms. The lowest BCUT2D eigenvalue weighted by Gasteiger charge is -2.19. The molecule has 0 heterocycles. The van der Waals surface area contributed by atoms with Crippen molar-refractivity contribution in [1.29, 1.82) is 0 Å². The van der Waals surface area contributed by atoms with Crippen molar-refractivity contribution >= 4 is 44.8 Å². The number of anilines is 1. The van der Waals surface area contributed by atoms with Gasteiger partial charge in [-0.1, -0.05) is 53.5 Å². The molecule has 0 aliphatic rings. The molecule has 1 amide bonds. The molecule has 168 valence electrons. The zero-order chi connectivity index (χ0) is 23.3. The predicted molar refractivity (Wildman–Crippen MR) is 127 cm³/mol. The van der Waals surface area contributed by atoms with E-state index in [4.69, 9.17) is 27.9 Å². The van der Waals surface area contributed by atoms with Crippen molar-refractivity contribution in [3.8, 4) is 5.75 Å². The average molecular weight is 493 g/mol. The second-order valence-electron chi connectivity index (χ2n) is 7.11. The Morgan fingerprint density at radius 2 is 1.72 bits per heavy atom. The van der Waals surface area contributed by atoms with Gasteiger partial charge in [-0.25, -0.2) is 8.42 Å². The molecular weight excluding hydrogens is 471 g/mol. The van der Waals surface area contributed by atoms with E-state index in [9.17, 15) is 13.2 Å². The number of amides is 1. The van der Waals surface area contributed by atoms with Gasteiger partial charge in [0.15, 0.2) is 0 Å². The summed E-state index contributed by atoms with van der Waals surface area (Å²) in [6.07, 6.45) is 0.155. The van der Waals surface area contributed by atoms with Crippen LogP contribution < -0.4 is 14.8 Å². The van der Waals surface area contributed by atoms with Crippen LogP contribution >= 0.6 is 23.2 Å². The quantitative estimate of drug-likeness (QED) is 0.471. The Bertz CT molecular complexity index is 1220. The fourth-order valence-electron chi connectivity index (χ4n) is 3.11. The Labute approximate surface area is 197 Å². The van der Waals surface area contributed by atoms with Gasteiger partial charge in [0.1, 0.15) is 11.8 Å². The zero-order valence-corrected chi connectivity index (χ0v) is 19.8. The van der Waals surface area contributed by atoms with Crippen LogP contribution in [0.5, 0.6) is 5.75 Å². The smallest absolute Gasteiger partial charge is 0.242 e. The molecule has 0 saturated heterocycles. The zero-order valence-electron chi connectivity index (χ0n) is 17.4. The molecule has 0 aromatic heterocycles. The number of hydrogen-bond donors (Lipinski definition) is 2. The summed E-state index contributed by atoms with van der Waals surface area (Å²) in [7, 11) is -2.48. The highest BCUT2D eigenvalue weighted by Gasteiger charge is 2.27. The molecule has 3 rings (SSSR count). The van der Waals surface area contributed by atoms with Gasteiger partial charge in [0, 0.05) is 5.69 Å². The van der Waals surface area contributed by atoms with E-state index in [1.165, 1.54) is 25.3 Å². The van der Waals surface area contributed by atoms with Crippen LogP contribution in [-0.4, -0.2) is 27.5 Å². The van der Waals surface area contributed by atoms with Crippen LogP contribution in [0, 0.1) is 6.92 Å². The number of sulfonamides is 1. The third-order valence-corrected chi connectivity index (χ3v) is 6.97. The van der Waals surface area contributed by atoms with Crippen LogP contribution in [0.4, 0.5) is 5.69 Å². The molecule has 0 fully saturated rings. The summed E-state index contributed by atoms with van der Waals surface area (Å²) >= 11 is 12.0. The lowest BCUT2D eigenvalue weighted by atomic mass is 10.1. The van der Waals surface area contributed by atoms with E-state index in [0.717, 1.165) is 5.56 Å². The van der Waals surface area contributed by atoms with Crippen LogP contribution in [-0.2, 0) is 21.2 Å². The number of hydrogen-bond acceptors (Lipinski definition) is 4. The molecule has 9 heteroatoms. The fraction of sp³-hybridized carbons (Fsp3) is 0.174. The number of methoxy groups -OCH3 is 1. The normalized spacial score (nSPS) is 12.2. The third kappa shape index (κ3) is 6.01. The maximum atomic E-state index is 13.1. The van der Waals surface area contributed by atoms with Crippen molar-refractivity contribution < 1.29 is 17.9 Å². The largest absolute Gasteiger partial charge is 0.496 e. The molecule has 0 aliphatic heterocycles. The summed E-state index contributed by atoms with van der Waals surface area (Å²) in [5, 5.41) is 3.33. The monoisotopic (exact) mass is 492 g/mol. The Morgan fingerprint density at radius 3 is 2.34 bits per heavy atom. The first kappa shape index (κ1) is 24.1. The molecule has 3 aromatic carbocycles. The molecule has 6 nitrogen and oxygen atoms in total. The number of aryl methyl sites for hydroxylation is 1. The van der Waals surface area contributed by atoms with Gasteiger partial charge in [0.25, 0.3) is 0 Å². The van der Waals surface area contributed by atoms with E-state index in [1.807, 2.05) is 30.3 Å². The molecule has 1 atom stereocenters. The summed E-state index contributed by atoms with van der Waals surface area (Å²) in [4.78, 5) is 13.1. The molecule has 0 aliphatic carbocycles. The van der Waals surface area contributed by atoms with Gasteiger partial charge >= 0.3 is 0 Å². The number of carbonyl (C=O) groups is 1. The van der Waals surface area contributed by atoms with Crippen LogP contribution in [0.1, 0.15) is 11.1 Å². The molecule has 0 spiro atoms. The second kappa shape index (κ2) is 10.4. The predicted octanol–water partition coefficient (Wildman–Crippen LogP) is 4.84. The van der Waals surface area contributed by atoms with Crippen molar-refractivity contribution in [3.63, 3.8) is 0 Å². The summed E-state index contributed by atoms with van der Waals surface area (Å²) < 4.78 is 33.9. The number of halogens is 2. The van der Waals surface area contributed by atoms with E-state index in [1.54, 1.807) is 25.1 Å². The van der Waals surface area contributed by atoms with Crippen molar-refractivity contribution in [3.05, 3.63) is 87.9 Å². The third-order valence-electron chi connectivity index (χ3n) is 4.76. The van der Waals surface area contributed by atoms with E-state index in [-0.39, 0.29) is 16.3 Å². The first-order valence-corrected chi connectivity index (χ1v) is 11.9. The molecule has 1 unspecified atom stereocenters. The van der Waals surface area contributed by atoms with Crippen molar-refractivity contribution in [2.24, 2.45) is 0 Å². The Hall–Kier alpha value is -2.58. The summed E-state index contributed by atoms with van der Waals surface area (Å²) in [6.45, 7) is 1.75. The minimum absolute atomic E-state index is 0.0381. The van der Waals surface area contributed by atoms with Crippen LogP contribution in [0.15, 0.2) is 71.6 Å². The van der Waals surface area contributed by atoms with Crippen LogP contribution in [0.3, 0.4) is 0 Å². The van der Waals surface area contributed by atoms with E-state index in [2.05, 4.69) is 10.0 Å². The van der Waals surface area contributed by atoms with Gasteiger partial charge in [0.05, 0.1) is 22.1 Å². The van der Waals surface area contributed by atoms with Crippen molar-refractivity contribution in [2.45, 2.75) is 24.3 Å². The number of benzene rings is 3. The molecule has 3 aromatic rings. The van der Waals surface area contributed by atoms with Gasteiger partial charge in [-0.2, -0.15) is 4.72 Å². The van der Waals surface area contributed by atoms with Gasteiger partial charge in [0.2, 0.25) is 15.9 Å². The van der Waals surface area contributed by atoms with E-state index >= 15 is 0 Å². The number of carbonyl (C=O) groups excluding carboxylic acids is 1. The lowest BCUT2D eigenvalue weighted by Crippen LogP contribution is -2.45. The first-order chi connectivity index (χ1) is 15.2. The Morgan fingerprint density at radius 1 is 1.00 bits per heavy atom. The number of ether oxygens (including phenoxy) is 1. The average Bonchev–Trinajstić information content (AvgIpc) is 2.76. The number of rotatable bonds is 8. The first-order valence-electron chi connectivity index (χ1n) is 9.66. The highest BCUT2D eigenvalue weighted by molar-refractivity contribution is 7.89. The van der Waals surface area contributed by atoms with Crippen molar-refractivity contribution in [1.82, 2.24) is 4.72 Å². The topological polar surface area (TPSA) is 84.5 Å². The summed E-state index contributed by atoms with van der Waals surface area (Å²) in [6, 6.07) is 17.2. The molecule has 32 heavy (non-hydrogen) atoms. The van der Waals surface area contributed by atoms with Crippen LogP contribution in [0.25, 0.3) is 0 Å². The fourth-order valence-corrected chi connectivity index (χ4v) is 4.69. The molecule has 0 radical (unpaired) electrons. The Balaban J connectivity index is 1.88. The SMILES string of the molecule is COc1ccc(S(=O)(=O)NC(Cc2ccccc2)C(=O)Nc2ccc(Cl)c(Cl)c2)cc1C. The van der Waals surface area contributed by atoms with Gasteiger partial charge < -0.3 is 10.1 Å². The molecular formula is C23H22Cl2N2O4S. The summed E-state index contributed by atoms with van der Waals surface area (Å²) in [5.74, 6) is 0.0446. The standard InChI is InChI=1S/C23H22Cl2N2O4S/c1-15-12-18(9-11-22(15)31-2)32(29,30)27-21(13-16-6-4-3-5-7-16)23(28)26-17-8-10-19(24)20(25)14-17/h3-12,14,21,27H,13H2,1-2H3,(H,26,28). The number of nitrogens with one attached hydrogen (secondary N) is 2. The lowest BCUT2D eigenvalue weighted by molar-refractivity contribution is -0.117. The summed E-state index contributed by atoms with van der Waals surface area (Å²) in [5.41, 5.74) is 1.87. The van der Waals surface area contributed by atoms with Gasteiger partial charge in [-0.3, -0.25) is 4.79 Å². The van der Waals surface area contributed by atoms with E-state index in [0.29, 0.717) is 22.0 Å². The molecule has 0 saturated carbocycles. The minimum Gasteiger partial charge on any atom is -0.496 e. The highest BCUT2D eigenvalue weighted by Crippen LogP contribution is 2.25. The van der Waals surface area contributed by atoms with Crippen LogP contribution in [0.2, 0.25) is 10.0 Å². The molecule has 2 N–H and O–H groups in total. The Kier molecular flexibility index (Phi) is 7.79.